The van der Waals surface area contributed by atoms with Crippen LogP contribution in [0, 0.1) is 0 Å². The predicted molar refractivity (Wildman–Crippen MR) is 75.2 cm³/mol. The maximum atomic E-state index is 11.2. The Bertz CT molecular complexity index is 638. The molecule has 5 nitrogen and oxygen atoms in total. The van der Waals surface area contributed by atoms with Crippen LogP contribution in [0.5, 0.6) is 5.75 Å². The zero-order chi connectivity index (χ0) is 14.0. The molecule has 0 aliphatic carbocycles. The molecule has 1 unspecified atom stereocenters. The number of hydrogen-bond donors (Lipinski definition) is 2. The molecule has 2 rings (SSSR count). The van der Waals surface area contributed by atoms with E-state index in [4.69, 9.17) is 9.84 Å². The quantitative estimate of drug-likeness (QED) is 0.828. The highest BCUT2D eigenvalue weighted by Crippen LogP contribution is 2.32. The number of nitrogens with zero attached hydrogens (tertiary/aromatic N) is 1. The van der Waals surface area contributed by atoms with Crippen LogP contribution in [0.3, 0.4) is 0 Å². The number of fused-ring (bicyclic) bond motifs is 1. The van der Waals surface area contributed by atoms with Crippen molar-refractivity contribution in [2.45, 2.75) is 12.3 Å². The van der Waals surface area contributed by atoms with Gasteiger partial charge < -0.3 is 9.84 Å². The number of rotatable bonds is 5. The van der Waals surface area contributed by atoms with Gasteiger partial charge in [-0.25, -0.2) is 4.98 Å². The van der Waals surface area contributed by atoms with E-state index in [0.717, 1.165) is 4.70 Å². The first-order valence-corrected chi connectivity index (χ1v) is 6.66. The zero-order valence-corrected chi connectivity index (χ0v) is 11.7. The molecule has 0 fully saturated rings. The van der Waals surface area contributed by atoms with Gasteiger partial charge in [-0.15, -0.1) is 24.0 Å². The number of ether oxygens (including phenoxy) is 1. The third-order valence-electron chi connectivity index (χ3n) is 2.59. The van der Waals surface area contributed by atoms with Gasteiger partial charge in [0.05, 0.1) is 17.3 Å². The number of methoxy groups -OCH3 is 1. The van der Waals surface area contributed by atoms with Gasteiger partial charge >= 0.3 is 5.97 Å². The average molecular weight is 297 g/mol. The van der Waals surface area contributed by atoms with Gasteiger partial charge in [0.2, 0.25) is 0 Å². The number of thiol groups is 1. The molecule has 0 bridgehead atoms. The number of aromatic nitrogens is 1. The SMILES string of the molecule is COc1ccc2nc(C(CC(=O)S)C(=O)O)sc2c1. The van der Waals surface area contributed by atoms with Crippen molar-refractivity contribution < 1.29 is 19.4 Å². The van der Waals surface area contributed by atoms with Crippen LogP contribution in [-0.2, 0) is 9.59 Å². The minimum atomic E-state index is -1.08. The summed E-state index contributed by atoms with van der Waals surface area (Å²) in [6.45, 7) is 0. The molecule has 1 aromatic heterocycles. The Labute approximate surface area is 118 Å². The van der Waals surface area contributed by atoms with Crippen molar-refractivity contribution in [3.05, 3.63) is 23.2 Å². The maximum absolute atomic E-state index is 11.2. The fraction of sp³-hybridized carbons (Fsp3) is 0.250. The van der Waals surface area contributed by atoms with E-state index in [2.05, 4.69) is 17.6 Å². The predicted octanol–water partition coefficient (Wildman–Crippen LogP) is 2.32. The normalized spacial score (nSPS) is 12.3. The molecule has 1 N–H and O–H groups in total. The van der Waals surface area contributed by atoms with Gasteiger partial charge in [0.15, 0.2) is 5.12 Å². The number of carbonyl (C=O) groups is 2. The summed E-state index contributed by atoms with van der Waals surface area (Å²) in [6.07, 6.45) is -0.171. The lowest BCUT2D eigenvalue weighted by Crippen LogP contribution is -2.13. The molecule has 0 aliphatic rings. The zero-order valence-electron chi connectivity index (χ0n) is 9.99. The van der Waals surface area contributed by atoms with E-state index in [0.29, 0.717) is 16.3 Å². The third kappa shape index (κ3) is 3.05. The number of carbonyl (C=O) groups excluding carboxylic acids is 1. The first-order valence-electron chi connectivity index (χ1n) is 5.40. The molecule has 7 heteroatoms. The lowest BCUT2D eigenvalue weighted by molar-refractivity contribution is -0.139. The highest BCUT2D eigenvalue weighted by Gasteiger charge is 2.25. The van der Waals surface area contributed by atoms with Crippen LogP contribution in [0.15, 0.2) is 18.2 Å². The summed E-state index contributed by atoms with van der Waals surface area (Å²) in [5.41, 5.74) is 0.693. The van der Waals surface area contributed by atoms with Crippen molar-refractivity contribution in [2.24, 2.45) is 0 Å². The lowest BCUT2D eigenvalue weighted by atomic mass is 10.1. The van der Waals surface area contributed by atoms with E-state index in [1.807, 2.05) is 0 Å². The van der Waals surface area contributed by atoms with Crippen LogP contribution in [0.25, 0.3) is 10.2 Å². The summed E-state index contributed by atoms with van der Waals surface area (Å²) in [6, 6.07) is 5.30. The van der Waals surface area contributed by atoms with Crippen LogP contribution in [0.4, 0.5) is 0 Å². The highest BCUT2D eigenvalue weighted by molar-refractivity contribution is 7.96. The van der Waals surface area contributed by atoms with Gasteiger partial charge in [-0.1, -0.05) is 0 Å². The van der Waals surface area contributed by atoms with Gasteiger partial charge in [-0.05, 0) is 18.2 Å². The van der Waals surface area contributed by atoms with Crippen molar-refractivity contribution in [3.8, 4) is 5.75 Å². The van der Waals surface area contributed by atoms with Crippen LogP contribution in [0.2, 0.25) is 0 Å². The molecule has 0 spiro atoms. The molecule has 0 saturated heterocycles. The summed E-state index contributed by atoms with van der Waals surface area (Å²) in [7, 11) is 1.56. The fourth-order valence-corrected chi connectivity index (χ4v) is 2.93. The monoisotopic (exact) mass is 297 g/mol. The minimum Gasteiger partial charge on any atom is -0.497 e. The Morgan fingerprint density at radius 1 is 1.53 bits per heavy atom. The number of aliphatic carboxylic acids is 1. The van der Waals surface area contributed by atoms with E-state index >= 15 is 0 Å². The molecule has 1 atom stereocenters. The second-order valence-corrected chi connectivity index (χ2v) is 5.44. The second kappa shape index (κ2) is 5.58. The Balaban J connectivity index is 2.42. The summed E-state index contributed by atoms with van der Waals surface area (Å²) in [4.78, 5) is 26.5. The fourth-order valence-electron chi connectivity index (χ4n) is 1.65. The van der Waals surface area contributed by atoms with Crippen molar-refractivity contribution in [2.75, 3.05) is 7.11 Å². The Morgan fingerprint density at radius 3 is 2.84 bits per heavy atom. The summed E-state index contributed by atoms with van der Waals surface area (Å²) in [5.74, 6) is -1.35. The van der Waals surface area contributed by atoms with Crippen LogP contribution < -0.4 is 4.74 Å². The standard InChI is InChI=1S/C12H11NO4S2/c1-17-6-2-3-8-9(4-6)19-11(13-8)7(12(15)16)5-10(14)18/h2-4,7H,5H2,1H3,(H,14,18)(H,15,16). The lowest BCUT2D eigenvalue weighted by Gasteiger charge is -2.05. The summed E-state index contributed by atoms with van der Waals surface area (Å²) in [5, 5.41) is 9.09. The summed E-state index contributed by atoms with van der Waals surface area (Å²) >= 11 is 4.88. The molecule has 1 aromatic carbocycles. The van der Waals surface area contributed by atoms with Gasteiger partial charge in [0.25, 0.3) is 0 Å². The van der Waals surface area contributed by atoms with Crippen LogP contribution in [-0.4, -0.2) is 28.3 Å². The van der Waals surface area contributed by atoms with Gasteiger partial charge in [-0.3, -0.25) is 9.59 Å². The number of carboxylic acid groups (broad SMARTS) is 1. The van der Waals surface area contributed by atoms with Crippen molar-refractivity contribution in [1.29, 1.82) is 0 Å². The molecular formula is C12H11NO4S2. The number of thiazole rings is 1. The largest absolute Gasteiger partial charge is 0.497 e. The van der Waals surface area contributed by atoms with E-state index in [-0.39, 0.29) is 6.42 Å². The molecule has 0 radical (unpaired) electrons. The molecule has 0 amide bonds. The number of hydrogen-bond acceptors (Lipinski definition) is 5. The molecule has 2 aromatic rings. The first-order chi connectivity index (χ1) is 9.01. The van der Waals surface area contributed by atoms with Gasteiger partial charge in [0.1, 0.15) is 16.7 Å². The molecule has 100 valence electrons. The Hall–Kier alpha value is -1.60. The second-order valence-electron chi connectivity index (χ2n) is 3.87. The first kappa shape index (κ1) is 13.8. The van der Waals surface area contributed by atoms with Crippen LogP contribution in [0.1, 0.15) is 17.3 Å². The maximum Gasteiger partial charge on any atom is 0.313 e. The number of carboxylic acids is 1. The van der Waals surface area contributed by atoms with Crippen LogP contribution >= 0.6 is 24.0 Å². The molecule has 1 heterocycles. The minimum absolute atomic E-state index is 0.171. The van der Waals surface area contributed by atoms with Gasteiger partial charge in [0, 0.05) is 6.42 Å². The topological polar surface area (TPSA) is 76.5 Å². The molecule has 0 saturated carbocycles. The smallest absolute Gasteiger partial charge is 0.313 e. The average Bonchev–Trinajstić information content (AvgIpc) is 2.77. The van der Waals surface area contributed by atoms with Crippen molar-refractivity contribution in [3.63, 3.8) is 0 Å². The van der Waals surface area contributed by atoms with E-state index < -0.39 is 17.0 Å². The van der Waals surface area contributed by atoms with Gasteiger partial charge in [-0.2, -0.15) is 0 Å². The van der Waals surface area contributed by atoms with E-state index in [1.54, 1.807) is 25.3 Å². The van der Waals surface area contributed by atoms with E-state index in [9.17, 15) is 9.59 Å². The Kier molecular flexibility index (Phi) is 4.06. The Morgan fingerprint density at radius 2 is 2.26 bits per heavy atom. The number of benzene rings is 1. The van der Waals surface area contributed by atoms with E-state index in [1.165, 1.54) is 11.3 Å². The molecular weight excluding hydrogens is 286 g/mol. The molecule has 0 aliphatic heterocycles. The third-order valence-corrected chi connectivity index (χ3v) is 3.90. The summed E-state index contributed by atoms with van der Waals surface area (Å²) < 4.78 is 5.93. The van der Waals surface area contributed by atoms with Crippen molar-refractivity contribution in [1.82, 2.24) is 4.98 Å². The van der Waals surface area contributed by atoms with Crippen molar-refractivity contribution >= 4 is 45.3 Å². The highest BCUT2D eigenvalue weighted by atomic mass is 32.1. The molecule has 19 heavy (non-hydrogen) atoms.